The Bertz CT molecular complexity index is 1020. The quantitative estimate of drug-likeness (QED) is 0.634. The number of carbonyl (C=O) groups is 2. The van der Waals surface area contributed by atoms with Gasteiger partial charge in [-0.3, -0.25) is 14.5 Å². The van der Waals surface area contributed by atoms with Crippen molar-refractivity contribution < 1.29 is 14.3 Å². The second-order valence-electron chi connectivity index (χ2n) is 6.58. The minimum Gasteiger partial charge on any atom is -0.466 e. The van der Waals surface area contributed by atoms with Gasteiger partial charge in [-0.25, -0.2) is 4.98 Å². The molecule has 1 aliphatic rings. The van der Waals surface area contributed by atoms with Crippen molar-refractivity contribution in [1.82, 2.24) is 4.98 Å². The van der Waals surface area contributed by atoms with Crippen molar-refractivity contribution in [2.75, 3.05) is 11.5 Å². The minimum absolute atomic E-state index is 0.0518. The van der Waals surface area contributed by atoms with E-state index in [4.69, 9.17) is 4.74 Å². The van der Waals surface area contributed by atoms with Gasteiger partial charge in [-0.05, 0) is 53.4 Å². The van der Waals surface area contributed by atoms with Gasteiger partial charge in [-0.1, -0.05) is 36.4 Å². The maximum Gasteiger partial charge on any atom is 0.310 e. The summed E-state index contributed by atoms with van der Waals surface area (Å²) in [5, 5.41) is 0. The van der Waals surface area contributed by atoms with Crippen molar-refractivity contribution in [1.29, 1.82) is 0 Å². The molecule has 1 aliphatic heterocycles. The van der Waals surface area contributed by atoms with Crippen LogP contribution >= 0.6 is 0 Å². The van der Waals surface area contributed by atoms with Gasteiger partial charge >= 0.3 is 5.97 Å². The van der Waals surface area contributed by atoms with E-state index in [9.17, 15) is 9.59 Å². The Hall–Kier alpha value is -3.47. The summed E-state index contributed by atoms with van der Waals surface area (Å²) in [5.74, 6) is 0.197. The number of benzene rings is 2. The molecule has 0 unspecified atom stereocenters. The topological polar surface area (TPSA) is 59.5 Å². The van der Waals surface area contributed by atoms with Gasteiger partial charge < -0.3 is 4.74 Å². The Labute approximate surface area is 163 Å². The number of carbonyl (C=O) groups excluding carboxylic acids is 2. The first-order chi connectivity index (χ1) is 13.7. The molecule has 0 aliphatic carbocycles. The number of hydrogen-bond donors (Lipinski definition) is 0. The summed E-state index contributed by atoms with van der Waals surface area (Å²) < 4.78 is 5.16. The van der Waals surface area contributed by atoms with Crippen LogP contribution in [0.1, 0.15) is 18.1 Å². The Morgan fingerprint density at radius 1 is 1.07 bits per heavy atom. The highest BCUT2D eigenvalue weighted by molar-refractivity contribution is 6.08. The predicted octanol–water partition coefficient (Wildman–Crippen LogP) is 4.08. The first-order valence-corrected chi connectivity index (χ1v) is 9.28. The van der Waals surface area contributed by atoms with E-state index in [0.717, 1.165) is 27.9 Å². The molecule has 0 spiro atoms. The van der Waals surface area contributed by atoms with Crippen LogP contribution < -0.4 is 4.90 Å². The van der Waals surface area contributed by atoms with Crippen LogP contribution in [0.15, 0.2) is 66.9 Å². The first-order valence-electron chi connectivity index (χ1n) is 9.28. The van der Waals surface area contributed by atoms with Crippen LogP contribution in [-0.4, -0.2) is 23.5 Å². The van der Waals surface area contributed by atoms with Crippen LogP contribution in [0.2, 0.25) is 0 Å². The first kappa shape index (κ1) is 17.9. The zero-order valence-electron chi connectivity index (χ0n) is 15.6. The van der Waals surface area contributed by atoms with Gasteiger partial charge in [-0.15, -0.1) is 0 Å². The fraction of sp³-hybridized carbons (Fsp3) is 0.174. The third-order valence-corrected chi connectivity index (χ3v) is 4.71. The normalized spacial score (nSPS) is 12.8. The van der Waals surface area contributed by atoms with Crippen LogP contribution in [0.4, 0.5) is 11.5 Å². The van der Waals surface area contributed by atoms with Gasteiger partial charge in [-0.2, -0.15) is 0 Å². The number of nitrogens with zero attached hydrogens (tertiary/aromatic N) is 2. The molecule has 0 bridgehead atoms. The minimum atomic E-state index is -0.310. The van der Waals surface area contributed by atoms with Crippen LogP contribution in [-0.2, 0) is 27.2 Å². The van der Waals surface area contributed by atoms with Gasteiger partial charge in [0.15, 0.2) is 0 Å². The summed E-state index contributed by atoms with van der Waals surface area (Å²) in [4.78, 5) is 31.0. The standard InChI is InChI=1S/C23H20N2O3/c1-2-28-22(27)15-19-13-17(16-8-4-3-5-9-16)12-18-14-21(26)25(23(18)19)20-10-6-7-11-24-20/h3-13H,2,14-15H2,1H3. The molecule has 28 heavy (non-hydrogen) atoms. The smallest absolute Gasteiger partial charge is 0.310 e. The summed E-state index contributed by atoms with van der Waals surface area (Å²) in [6.45, 7) is 2.11. The lowest BCUT2D eigenvalue weighted by molar-refractivity contribution is -0.142. The Kier molecular flexibility index (Phi) is 4.89. The highest BCUT2D eigenvalue weighted by Crippen LogP contribution is 2.40. The maximum atomic E-state index is 12.8. The Morgan fingerprint density at radius 3 is 2.57 bits per heavy atom. The van der Waals surface area contributed by atoms with Gasteiger partial charge in [0, 0.05) is 6.20 Å². The molecular weight excluding hydrogens is 352 g/mol. The molecule has 2 heterocycles. The number of anilines is 2. The van der Waals surface area contributed by atoms with Crippen LogP contribution in [0.5, 0.6) is 0 Å². The third kappa shape index (κ3) is 3.39. The molecule has 0 saturated heterocycles. The number of amides is 1. The lowest BCUT2D eigenvalue weighted by atomic mass is 9.96. The second kappa shape index (κ2) is 7.64. The van der Waals surface area contributed by atoms with Crippen molar-refractivity contribution in [3.05, 3.63) is 78.0 Å². The van der Waals surface area contributed by atoms with Crippen molar-refractivity contribution in [3.63, 3.8) is 0 Å². The summed E-state index contributed by atoms with van der Waals surface area (Å²) in [6.07, 6.45) is 2.04. The number of rotatable bonds is 5. The molecule has 1 aromatic heterocycles. The largest absolute Gasteiger partial charge is 0.466 e. The molecule has 2 aromatic carbocycles. The van der Waals surface area contributed by atoms with E-state index in [1.165, 1.54) is 0 Å². The molecule has 4 rings (SSSR count). The summed E-state index contributed by atoms with van der Waals surface area (Å²) in [7, 11) is 0. The fourth-order valence-electron chi connectivity index (χ4n) is 3.58. The fourth-order valence-corrected chi connectivity index (χ4v) is 3.58. The number of ether oxygens (including phenoxy) is 1. The van der Waals surface area contributed by atoms with Crippen molar-refractivity contribution >= 4 is 23.4 Å². The predicted molar refractivity (Wildman–Crippen MR) is 107 cm³/mol. The third-order valence-electron chi connectivity index (χ3n) is 4.71. The van der Waals surface area contributed by atoms with E-state index in [-0.39, 0.29) is 24.7 Å². The molecule has 0 saturated carbocycles. The van der Waals surface area contributed by atoms with Crippen molar-refractivity contribution in [2.45, 2.75) is 19.8 Å². The monoisotopic (exact) mass is 372 g/mol. The molecule has 3 aromatic rings. The van der Waals surface area contributed by atoms with E-state index in [0.29, 0.717) is 12.4 Å². The summed E-state index contributed by atoms with van der Waals surface area (Å²) in [6, 6.07) is 19.4. The van der Waals surface area contributed by atoms with Crippen molar-refractivity contribution in [2.24, 2.45) is 0 Å². The SMILES string of the molecule is CCOC(=O)Cc1cc(-c2ccccc2)cc2c1N(c1ccccn1)C(=O)C2. The van der Waals surface area contributed by atoms with Crippen LogP contribution in [0, 0.1) is 0 Å². The molecule has 1 amide bonds. The van der Waals surface area contributed by atoms with Gasteiger partial charge in [0.1, 0.15) is 5.82 Å². The number of hydrogen-bond acceptors (Lipinski definition) is 4. The molecule has 5 heteroatoms. The van der Waals surface area contributed by atoms with E-state index >= 15 is 0 Å². The lowest BCUT2D eigenvalue weighted by Gasteiger charge is -2.20. The number of esters is 1. The van der Waals surface area contributed by atoms with E-state index in [1.807, 2.05) is 54.6 Å². The number of aromatic nitrogens is 1. The average Bonchev–Trinajstić information content (AvgIpc) is 3.05. The zero-order chi connectivity index (χ0) is 19.5. The number of fused-ring (bicyclic) bond motifs is 1. The van der Waals surface area contributed by atoms with Crippen LogP contribution in [0.3, 0.4) is 0 Å². The van der Waals surface area contributed by atoms with Gasteiger partial charge in [0.25, 0.3) is 0 Å². The Morgan fingerprint density at radius 2 is 1.86 bits per heavy atom. The highest BCUT2D eigenvalue weighted by Gasteiger charge is 2.33. The molecule has 0 radical (unpaired) electrons. The highest BCUT2D eigenvalue weighted by atomic mass is 16.5. The second-order valence-corrected chi connectivity index (χ2v) is 6.58. The Balaban J connectivity index is 1.85. The van der Waals surface area contributed by atoms with E-state index in [1.54, 1.807) is 24.1 Å². The van der Waals surface area contributed by atoms with Crippen molar-refractivity contribution in [3.8, 4) is 11.1 Å². The van der Waals surface area contributed by atoms with E-state index in [2.05, 4.69) is 4.98 Å². The van der Waals surface area contributed by atoms with Gasteiger partial charge in [0.2, 0.25) is 5.91 Å². The summed E-state index contributed by atoms with van der Waals surface area (Å²) in [5.41, 5.74) is 4.44. The summed E-state index contributed by atoms with van der Waals surface area (Å²) >= 11 is 0. The van der Waals surface area contributed by atoms with Gasteiger partial charge in [0.05, 0.1) is 25.1 Å². The molecule has 5 nitrogen and oxygen atoms in total. The van der Waals surface area contributed by atoms with E-state index < -0.39 is 0 Å². The lowest BCUT2D eigenvalue weighted by Crippen LogP contribution is -2.23. The molecular formula is C23H20N2O3. The molecule has 0 fully saturated rings. The molecule has 0 N–H and O–H groups in total. The average molecular weight is 372 g/mol. The van der Waals surface area contributed by atoms with Crippen LogP contribution in [0.25, 0.3) is 11.1 Å². The number of pyridine rings is 1. The molecule has 0 atom stereocenters. The maximum absolute atomic E-state index is 12.8. The molecule has 140 valence electrons. The zero-order valence-corrected chi connectivity index (χ0v) is 15.6.